The van der Waals surface area contributed by atoms with Crippen molar-refractivity contribution in [3.05, 3.63) is 71.2 Å². The average molecular weight is 489 g/mol. The number of alkyl halides is 3. The minimum atomic E-state index is -4.42. The molecule has 1 amide bonds. The number of fused-ring (bicyclic) bond motifs is 1. The highest BCUT2D eigenvalue weighted by atomic mass is 32.1. The fraction of sp³-hybridized carbons (Fsp3) is 0.261. The Kier molecular flexibility index (Phi) is 5.72. The quantitative estimate of drug-likeness (QED) is 0.396. The first-order valence-electron chi connectivity index (χ1n) is 10.6. The van der Waals surface area contributed by atoms with Crippen LogP contribution in [-0.4, -0.2) is 51.4 Å². The highest BCUT2D eigenvalue weighted by molar-refractivity contribution is 7.15. The van der Waals surface area contributed by atoms with Gasteiger partial charge in [-0.1, -0.05) is 0 Å². The van der Waals surface area contributed by atoms with Crippen LogP contribution in [0.25, 0.3) is 16.2 Å². The topological polar surface area (TPSA) is 53.7 Å². The first-order chi connectivity index (χ1) is 16.3. The van der Waals surface area contributed by atoms with E-state index >= 15 is 0 Å². The number of halogens is 4. The van der Waals surface area contributed by atoms with Crippen LogP contribution in [0, 0.1) is 5.82 Å². The van der Waals surface area contributed by atoms with Crippen LogP contribution < -0.4 is 4.90 Å². The molecule has 1 aliphatic rings. The van der Waals surface area contributed by atoms with Crippen molar-refractivity contribution < 1.29 is 22.4 Å². The lowest BCUT2D eigenvalue weighted by Gasteiger charge is -2.35. The van der Waals surface area contributed by atoms with E-state index in [4.69, 9.17) is 0 Å². The summed E-state index contributed by atoms with van der Waals surface area (Å²) in [5.41, 5.74) is 1.53. The second-order valence-corrected chi connectivity index (χ2v) is 8.80. The number of benzene rings is 1. The molecule has 1 aromatic carbocycles. The summed E-state index contributed by atoms with van der Waals surface area (Å²) in [5.74, 6) is 0.119. The number of carbonyl (C=O) groups is 1. The van der Waals surface area contributed by atoms with Gasteiger partial charge in [-0.2, -0.15) is 13.2 Å². The van der Waals surface area contributed by atoms with Gasteiger partial charge in [0, 0.05) is 55.2 Å². The van der Waals surface area contributed by atoms with Crippen LogP contribution in [0.5, 0.6) is 0 Å². The van der Waals surface area contributed by atoms with Crippen molar-refractivity contribution in [2.45, 2.75) is 12.6 Å². The monoisotopic (exact) mass is 489 g/mol. The number of anilines is 1. The molecule has 0 radical (unpaired) electrons. The number of nitrogens with zero attached hydrogens (tertiary/aromatic N) is 5. The van der Waals surface area contributed by atoms with Crippen LogP contribution >= 0.6 is 11.3 Å². The van der Waals surface area contributed by atoms with Crippen molar-refractivity contribution in [1.29, 1.82) is 0 Å². The number of amides is 1. The summed E-state index contributed by atoms with van der Waals surface area (Å²) in [4.78, 5) is 25.8. The summed E-state index contributed by atoms with van der Waals surface area (Å²) in [5, 5.41) is 1.90. The van der Waals surface area contributed by atoms with Crippen molar-refractivity contribution in [2.24, 2.45) is 0 Å². The molecule has 176 valence electrons. The highest BCUT2D eigenvalue weighted by Gasteiger charge is 2.31. The zero-order chi connectivity index (χ0) is 23.9. The number of thiazole rings is 1. The lowest BCUT2D eigenvalue weighted by molar-refractivity contribution is -0.137. The predicted molar refractivity (Wildman–Crippen MR) is 120 cm³/mol. The zero-order valence-electron chi connectivity index (χ0n) is 17.8. The van der Waals surface area contributed by atoms with Gasteiger partial charge in [0.1, 0.15) is 11.6 Å². The molecular formula is C23H19F4N5OS. The number of hydrogen-bond acceptors (Lipinski definition) is 5. The molecule has 0 N–H and O–H groups in total. The van der Waals surface area contributed by atoms with Gasteiger partial charge < -0.3 is 9.80 Å². The van der Waals surface area contributed by atoms with E-state index in [1.807, 2.05) is 20.9 Å². The Morgan fingerprint density at radius 3 is 2.41 bits per heavy atom. The molecule has 0 aliphatic carbocycles. The van der Waals surface area contributed by atoms with Crippen LogP contribution in [0.4, 0.5) is 23.4 Å². The molecule has 6 nitrogen and oxygen atoms in total. The van der Waals surface area contributed by atoms with E-state index in [2.05, 4.69) is 9.97 Å². The molecular weight excluding hydrogens is 470 g/mol. The fourth-order valence-electron chi connectivity index (χ4n) is 3.91. The smallest absolute Gasteiger partial charge is 0.353 e. The molecule has 0 bridgehead atoms. The summed E-state index contributed by atoms with van der Waals surface area (Å²) in [7, 11) is 0. The molecule has 0 unspecified atom stereocenters. The lowest BCUT2D eigenvalue weighted by atomic mass is 10.2. The Balaban J connectivity index is 1.22. The van der Waals surface area contributed by atoms with Gasteiger partial charge in [0.15, 0.2) is 4.96 Å². The molecule has 34 heavy (non-hydrogen) atoms. The van der Waals surface area contributed by atoms with E-state index in [0.29, 0.717) is 37.7 Å². The van der Waals surface area contributed by atoms with E-state index in [1.54, 1.807) is 17.0 Å². The predicted octanol–water partition coefficient (Wildman–Crippen LogP) is 4.51. The van der Waals surface area contributed by atoms with Crippen LogP contribution in [0.2, 0.25) is 0 Å². The molecule has 11 heteroatoms. The Morgan fingerprint density at radius 1 is 1.03 bits per heavy atom. The number of imidazole rings is 1. The molecule has 3 aromatic heterocycles. The van der Waals surface area contributed by atoms with Gasteiger partial charge in [-0.25, -0.2) is 14.4 Å². The van der Waals surface area contributed by atoms with Crippen LogP contribution in [-0.2, 0) is 17.4 Å². The molecule has 4 aromatic rings. The Bertz CT molecular complexity index is 1310. The normalized spacial score (nSPS) is 14.7. The van der Waals surface area contributed by atoms with E-state index in [9.17, 15) is 22.4 Å². The molecule has 5 rings (SSSR count). The molecule has 4 heterocycles. The highest BCUT2D eigenvalue weighted by Crippen LogP contribution is 2.29. The third-order valence-electron chi connectivity index (χ3n) is 5.79. The molecule has 0 atom stereocenters. The van der Waals surface area contributed by atoms with Gasteiger partial charge in [0.25, 0.3) is 0 Å². The number of rotatable bonds is 4. The van der Waals surface area contributed by atoms with Crippen molar-refractivity contribution in [1.82, 2.24) is 19.3 Å². The maximum atomic E-state index is 13.2. The van der Waals surface area contributed by atoms with E-state index < -0.39 is 11.7 Å². The van der Waals surface area contributed by atoms with Crippen LogP contribution in [0.3, 0.4) is 0 Å². The minimum Gasteiger partial charge on any atom is -0.353 e. The van der Waals surface area contributed by atoms with Gasteiger partial charge in [0.2, 0.25) is 5.91 Å². The van der Waals surface area contributed by atoms with Gasteiger partial charge in [-0.05, 0) is 36.4 Å². The Hall–Kier alpha value is -3.47. The van der Waals surface area contributed by atoms with E-state index in [1.165, 1.54) is 29.5 Å². The standard InChI is InChI=1S/C23H19F4N5OS/c24-17-4-1-15(2-5-17)19-13-32-18(14-34-22(32)29-19)11-21(33)31-9-7-30(8-10-31)20-6-3-16(12-28-20)23(25,26)27/h1-6,12-14H,7-11H2. The number of carbonyl (C=O) groups excluding carboxylic acids is 1. The SMILES string of the molecule is O=C(Cc1csc2nc(-c3ccc(F)cc3)cn12)N1CCN(c2ccc(C(F)(F)F)cn2)CC1. The third kappa shape index (κ3) is 4.47. The summed E-state index contributed by atoms with van der Waals surface area (Å²) >= 11 is 1.43. The molecule has 1 fully saturated rings. The van der Waals surface area contributed by atoms with E-state index in [0.717, 1.165) is 28.5 Å². The second-order valence-electron chi connectivity index (χ2n) is 7.96. The maximum Gasteiger partial charge on any atom is 0.417 e. The Morgan fingerprint density at radius 2 is 1.76 bits per heavy atom. The molecule has 0 spiro atoms. The van der Waals surface area contributed by atoms with Crippen molar-refractivity contribution in [3.8, 4) is 11.3 Å². The number of hydrogen-bond donors (Lipinski definition) is 0. The van der Waals surface area contributed by atoms with E-state index in [-0.39, 0.29) is 18.1 Å². The lowest BCUT2D eigenvalue weighted by Crippen LogP contribution is -2.49. The van der Waals surface area contributed by atoms with Gasteiger partial charge in [-0.3, -0.25) is 9.20 Å². The van der Waals surface area contributed by atoms with Gasteiger partial charge in [-0.15, -0.1) is 11.3 Å². The third-order valence-corrected chi connectivity index (χ3v) is 6.68. The molecule has 1 saturated heterocycles. The largest absolute Gasteiger partial charge is 0.417 e. The molecule has 1 aliphatic heterocycles. The summed E-state index contributed by atoms with van der Waals surface area (Å²) in [6, 6.07) is 8.47. The first kappa shape index (κ1) is 22.3. The van der Waals surface area contributed by atoms with Crippen molar-refractivity contribution in [3.63, 3.8) is 0 Å². The summed E-state index contributed by atoms with van der Waals surface area (Å²) < 4.78 is 53.3. The van der Waals surface area contributed by atoms with Crippen LogP contribution in [0.1, 0.15) is 11.3 Å². The zero-order valence-corrected chi connectivity index (χ0v) is 18.6. The van der Waals surface area contributed by atoms with Crippen LogP contribution in [0.15, 0.2) is 54.2 Å². The van der Waals surface area contributed by atoms with Gasteiger partial charge in [0.05, 0.1) is 17.7 Å². The van der Waals surface area contributed by atoms with Crippen molar-refractivity contribution in [2.75, 3.05) is 31.1 Å². The molecule has 0 saturated carbocycles. The fourth-order valence-corrected chi connectivity index (χ4v) is 4.78. The maximum absolute atomic E-state index is 13.2. The number of pyridine rings is 1. The van der Waals surface area contributed by atoms with Crippen molar-refractivity contribution >= 4 is 28.0 Å². The number of piperazine rings is 1. The number of aromatic nitrogens is 3. The minimum absolute atomic E-state index is 0.0308. The Labute approximate surface area is 196 Å². The second kappa shape index (κ2) is 8.71. The first-order valence-corrected chi connectivity index (χ1v) is 11.4. The summed E-state index contributed by atoms with van der Waals surface area (Å²) in [6.07, 6.45) is -1.54. The van der Waals surface area contributed by atoms with Gasteiger partial charge >= 0.3 is 6.18 Å². The average Bonchev–Trinajstić information content (AvgIpc) is 3.41. The summed E-state index contributed by atoms with van der Waals surface area (Å²) in [6.45, 7) is 1.89.